The number of pyridine rings is 1. The van der Waals surface area contributed by atoms with Gasteiger partial charge in [-0.15, -0.1) is 0 Å². The van der Waals surface area contributed by atoms with Gasteiger partial charge in [-0.1, -0.05) is 30.4 Å². The van der Waals surface area contributed by atoms with Gasteiger partial charge >= 0.3 is 6.09 Å². The molecule has 1 fully saturated rings. The lowest BCUT2D eigenvalue weighted by Crippen LogP contribution is -2.50. The second-order valence-electron chi connectivity index (χ2n) is 14.0. The number of aryl methyl sites for hydroxylation is 1. The van der Waals surface area contributed by atoms with E-state index in [1.54, 1.807) is 36.3 Å². The van der Waals surface area contributed by atoms with Crippen molar-refractivity contribution >= 4 is 40.1 Å². The van der Waals surface area contributed by atoms with Gasteiger partial charge in [-0.05, 0) is 57.2 Å². The van der Waals surface area contributed by atoms with Crippen molar-refractivity contribution in [1.29, 1.82) is 0 Å². The first-order valence-electron chi connectivity index (χ1n) is 16.6. The van der Waals surface area contributed by atoms with Crippen LogP contribution in [0.1, 0.15) is 55.2 Å². The number of rotatable bonds is 10. The van der Waals surface area contributed by atoms with E-state index >= 15 is 0 Å². The first-order chi connectivity index (χ1) is 23.5. The van der Waals surface area contributed by atoms with Crippen LogP contribution < -0.4 is 5.32 Å². The third kappa shape index (κ3) is 6.79. The smallest absolute Gasteiger partial charge is 0.408 e. The third-order valence-corrected chi connectivity index (χ3v) is 8.94. The highest BCUT2D eigenvalue weighted by Gasteiger charge is 2.31. The minimum absolute atomic E-state index is 0.0107. The van der Waals surface area contributed by atoms with Gasteiger partial charge in [0.15, 0.2) is 11.5 Å². The number of alkyl carbamates (subject to hydrolysis) is 1. The van der Waals surface area contributed by atoms with Crippen molar-refractivity contribution in [1.82, 2.24) is 38.9 Å². The van der Waals surface area contributed by atoms with Crippen LogP contribution in [0.2, 0.25) is 0 Å². The molecule has 1 atom stereocenters. The van der Waals surface area contributed by atoms with E-state index in [4.69, 9.17) is 14.7 Å². The number of allylic oxidation sites excluding steroid dienone is 1. The van der Waals surface area contributed by atoms with Crippen LogP contribution >= 0.6 is 0 Å². The van der Waals surface area contributed by atoms with Gasteiger partial charge in [-0.2, -0.15) is 4.39 Å². The van der Waals surface area contributed by atoms with Gasteiger partial charge in [0, 0.05) is 45.0 Å². The van der Waals surface area contributed by atoms with E-state index in [0.717, 1.165) is 34.5 Å². The number of carbonyl (C=O) groups excluding carboxylic acids is 2. The highest BCUT2D eigenvalue weighted by Crippen LogP contribution is 2.38. The van der Waals surface area contributed by atoms with E-state index in [1.807, 2.05) is 23.8 Å². The average molecular weight is 671 g/mol. The maximum atomic E-state index is 13.9. The number of hydrogen-bond acceptors (Lipinski definition) is 6. The Morgan fingerprint density at radius 1 is 1.20 bits per heavy atom. The molecule has 1 saturated carbocycles. The minimum atomic E-state index is -0.902. The van der Waals surface area contributed by atoms with Crippen LogP contribution in [0, 0.1) is 11.9 Å². The number of nitrogens with one attached hydrogen (secondary N) is 1. The van der Waals surface area contributed by atoms with E-state index < -0.39 is 30.4 Å². The predicted octanol–water partition coefficient (Wildman–Crippen LogP) is 5.91. The number of nitrogens with zero attached hydrogens (tertiary/aromatic N) is 7. The number of ether oxygens (including phenoxy) is 1. The quantitative estimate of drug-likeness (QED) is 0.198. The second kappa shape index (κ2) is 12.8. The van der Waals surface area contributed by atoms with Crippen molar-refractivity contribution in [3.63, 3.8) is 0 Å². The lowest BCUT2D eigenvalue weighted by atomic mass is 10.0. The molecule has 0 spiro atoms. The molecule has 1 aliphatic heterocycles. The summed E-state index contributed by atoms with van der Waals surface area (Å²) in [5.41, 5.74) is 4.77. The Balaban J connectivity index is 1.19. The number of carbonyl (C=O) groups is 2. The van der Waals surface area contributed by atoms with Crippen LogP contribution in [-0.4, -0.2) is 77.0 Å². The van der Waals surface area contributed by atoms with Crippen LogP contribution in [0.5, 0.6) is 0 Å². The molecule has 49 heavy (non-hydrogen) atoms. The molecule has 0 bridgehead atoms. The molecule has 13 heteroatoms. The topological polar surface area (TPSA) is 112 Å². The first-order valence-corrected chi connectivity index (χ1v) is 16.6. The molecule has 1 N–H and O–H groups in total. The maximum Gasteiger partial charge on any atom is 0.408 e. The predicted molar refractivity (Wildman–Crippen MR) is 182 cm³/mol. The van der Waals surface area contributed by atoms with Crippen molar-refractivity contribution in [2.45, 2.75) is 64.8 Å². The van der Waals surface area contributed by atoms with Gasteiger partial charge in [-0.3, -0.25) is 4.79 Å². The van der Waals surface area contributed by atoms with Crippen molar-refractivity contribution in [2.24, 2.45) is 13.0 Å². The molecular formula is C36H40F2N8O3. The number of benzene rings is 1. The largest absolute Gasteiger partial charge is 0.444 e. The van der Waals surface area contributed by atoms with Crippen molar-refractivity contribution in [3.8, 4) is 11.5 Å². The van der Waals surface area contributed by atoms with Crippen LogP contribution in [0.25, 0.3) is 39.7 Å². The Morgan fingerprint density at radius 2 is 2.02 bits per heavy atom. The Hall–Kier alpha value is -5.07. The number of halogens is 2. The number of amides is 2. The van der Waals surface area contributed by atoms with Crippen molar-refractivity contribution in [2.75, 3.05) is 19.8 Å². The summed E-state index contributed by atoms with van der Waals surface area (Å²) in [6.45, 7) is 6.07. The summed E-state index contributed by atoms with van der Waals surface area (Å²) >= 11 is 0. The number of imidazole rings is 2. The normalized spacial score (nSPS) is 15.8. The minimum Gasteiger partial charge on any atom is -0.444 e. The molecule has 1 aromatic carbocycles. The summed E-state index contributed by atoms with van der Waals surface area (Å²) in [7, 11) is 1.94. The Kier molecular flexibility index (Phi) is 8.45. The Morgan fingerprint density at radius 3 is 2.73 bits per heavy atom. The molecule has 2 amide bonds. The monoisotopic (exact) mass is 670 g/mol. The first kappa shape index (κ1) is 32.5. The molecular weight excluding hydrogens is 630 g/mol. The third-order valence-electron chi connectivity index (χ3n) is 8.94. The molecule has 5 heterocycles. The standard InChI is InChI=1S/C36H40F2N8O3/c1-36(2,3)49-35(48)40-25(17-37)19-45-14-12-27-26(34(45)47)16-28-32(41-27)43(4)33(42-28)29-15-24-8-5-7-23(31(24)46(29)18-22-10-11-22)9-6-13-44-20-30(38)39-21-44/h5-9,15-16,20-22,25H,10-14,17-19H2,1-4H3,(H,40,48). The fourth-order valence-corrected chi connectivity index (χ4v) is 6.47. The molecule has 0 radical (unpaired) electrons. The van der Waals surface area contributed by atoms with Gasteiger partial charge in [0.05, 0.1) is 41.0 Å². The van der Waals surface area contributed by atoms with Gasteiger partial charge in [0.2, 0.25) is 5.95 Å². The van der Waals surface area contributed by atoms with E-state index in [1.165, 1.54) is 25.4 Å². The zero-order valence-corrected chi connectivity index (χ0v) is 28.1. The summed E-state index contributed by atoms with van der Waals surface area (Å²) in [6, 6.07) is 9.24. The zero-order valence-electron chi connectivity index (χ0n) is 28.1. The van der Waals surface area contributed by atoms with Crippen LogP contribution in [0.3, 0.4) is 0 Å². The molecule has 11 nitrogen and oxygen atoms in total. The van der Waals surface area contributed by atoms with Crippen LogP contribution in [0.4, 0.5) is 13.6 Å². The average Bonchev–Trinajstić information content (AvgIpc) is 3.53. The highest BCUT2D eigenvalue weighted by molar-refractivity contribution is 5.99. The molecule has 1 unspecified atom stereocenters. The van der Waals surface area contributed by atoms with E-state index in [0.29, 0.717) is 47.8 Å². The highest BCUT2D eigenvalue weighted by atomic mass is 19.1. The molecule has 2 aliphatic rings. The van der Waals surface area contributed by atoms with Crippen LogP contribution in [0.15, 0.2) is 48.9 Å². The number of hydrogen-bond donors (Lipinski definition) is 1. The van der Waals surface area contributed by atoms with Crippen LogP contribution in [-0.2, 0) is 31.3 Å². The molecule has 5 aromatic rings. The number of para-hydroxylation sites is 1. The van der Waals surface area contributed by atoms with Gasteiger partial charge in [0.1, 0.15) is 17.8 Å². The molecule has 0 saturated heterocycles. The lowest BCUT2D eigenvalue weighted by Gasteiger charge is -2.31. The summed E-state index contributed by atoms with van der Waals surface area (Å²) < 4.78 is 38.6. The molecule has 4 aromatic heterocycles. The van der Waals surface area contributed by atoms with Gasteiger partial charge < -0.3 is 28.7 Å². The summed E-state index contributed by atoms with van der Waals surface area (Å²) in [5.74, 6) is 0.553. The Labute approximate surface area is 282 Å². The van der Waals surface area contributed by atoms with Gasteiger partial charge in [-0.25, -0.2) is 24.1 Å². The molecule has 1 aliphatic carbocycles. The fourth-order valence-electron chi connectivity index (χ4n) is 6.47. The van der Waals surface area contributed by atoms with Crippen molar-refractivity contribution in [3.05, 3.63) is 71.7 Å². The van der Waals surface area contributed by atoms with Gasteiger partial charge in [0.25, 0.3) is 5.91 Å². The second-order valence-corrected chi connectivity index (χ2v) is 14.0. The number of fused-ring (bicyclic) bond motifs is 3. The Bertz CT molecular complexity index is 2080. The van der Waals surface area contributed by atoms with E-state index in [-0.39, 0.29) is 12.5 Å². The number of alkyl halides is 1. The number of aromatic nitrogens is 6. The fraction of sp³-hybridized carbons (Fsp3) is 0.417. The lowest BCUT2D eigenvalue weighted by molar-refractivity contribution is 0.0465. The summed E-state index contributed by atoms with van der Waals surface area (Å²) in [6.07, 6.45) is 9.02. The SMILES string of the molecule is Cn1c(-c2cc3cccc(C=CCn4cnc(F)c4)c3n2CC2CC2)nc2cc3c(nc21)CCN(CC(CF)NC(=O)OC(C)(C)C)C3=O. The van der Waals surface area contributed by atoms with E-state index in [9.17, 15) is 18.4 Å². The van der Waals surface area contributed by atoms with E-state index in [2.05, 4.69) is 39.1 Å². The maximum absolute atomic E-state index is 13.9. The summed E-state index contributed by atoms with van der Waals surface area (Å²) in [4.78, 5) is 41.1. The zero-order chi connectivity index (χ0) is 34.4. The molecule has 7 rings (SSSR count). The molecule has 256 valence electrons. The van der Waals surface area contributed by atoms with Crippen molar-refractivity contribution < 1.29 is 23.1 Å². The summed E-state index contributed by atoms with van der Waals surface area (Å²) in [5, 5.41) is 3.63.